The molecule has 0 fully saturated rings. The number of aromatic nitrogens is 2. The van der Waals surface area contributed by atoms with Crippen LogP contribution in [0.15, 0.2) is 4.79 Å². The van der Waals surface area contributed by atoms with Crippen molar-refractivity contribution >= 4 is 5.82 Å². The van der Waals surface area contributed by atoms with Crippen LogP contribution in [0.2, 0.25) is 0 Å². The first-order valence-corrected chi connectivity index (χ1v) is 12.2. The fourth-order valence-electron chi connectivity index (χ4n) is 6.30. The molecule has 0 spiro atoms. The van der Waals surface area contributed by atoms with Crippen LogP contribution in [0.25, 0.3) is 0 Å². The SMILES string of the molecule is Cc1c(C)c(C)c2c(c1C)C(C)(C)C(C)(C)N(c1nc(C)n(C)c(=O)c1C)C(C)(C)C2(C)C. The maximum Gasteiger partial charge on any atom is 0.258 e. The summed E-state index contributed by atoms with van der Waals surface area (Å²) in [6.07, 6.45) is 0. The molecule has 0 unspecified atom stereocenters. The van der Waals surface area contributed by atoms with Gasteiger partial charge in [-0.2, -0.15) is 0 Å². The minimum atomic E-state index is -0.325. The maximum atomic E-state index is 13.2. The Morgan fingerprint density at radius 2 is 0.970 bits per heavy atom. The van der Waals surface area contributed by atoms with Crippen molar-refractivity contribution in [3.05, 3.63) is 55.1 Å². The lowest BCUT2D eigenvalue weighted by molar-refractivity contribution is 0.200. The quantitative estimate of drug-likeness (QED) is 0.513. The number of fused-ring (bicyclic) bond motifs is 1. The van der Waals surface area contributed by atoms with Gasteiger partial charge in [-0.15, -0.1) is 0 Å². The molecule has 0 saturated heterocycles. The van der Waals surface area contributed by atoms with E-state index in [-0.39, 0.29) is 27.5 Å². The lowest BCUT2D eigenvalue weighted by Crippen LogP contribution is -2.66. The largest absolute Gasteiger partial charge is 0.344 e. The van der Waals surface area contributed by atoms with Gasteiger partial charge in [0, 0.05) is 29.0 Å². The van der Waals surface area contributed by atoms with Gasteiger partial charge in [0.25, 0.3) is 5.56 Å². The molecule has 0 N–H and O–H groups in total. The molecule has 0 saturated carbocycles. The number of hydrogen-bond donors (Lipinski definition) is 0. The first kappa shape index (κ1) is 25.5. The Morgan fingerprint density at radius 1 is 0.606 bits per heavy atom. The van der Waals surface area contributed by atoms with Gasteiger partial charge >= 0.3 is 0 Å². The van der Waals surface area contributed by atoms with Crippen LogP contribution in [0, 0.1) is 41.5 Å². The Hall–Kier alpha value is -2.10. The highest BCUT2D eigenvalue weighted by molar-refractivity contribution is 5.64. The molecule has 2 heterocycles. The number of nitrogens with zero attached hydrogens (tertiary/aromatic N) is 3. The lowest BCUT2D eigenvalue weighted by Gasteiger charge is -2.58. The molecule has 4 nitrogen and oxygen atoms in total. The second-order valence-corrected chi connectivity index (χ2v) is 12.4. The molecule has 0 atom stereocenters. The molecule has 1 aliphatic heterocycles. The summed E-state index contributed by atoms with van der Waals surface area (Å²) in [6, 6.07) is 0. The molecule has 1 aromatic carbocycles. The molecular weight excluding hydrogens is 406 g/mol. The zero-order chi connectivity index (χ0) is 25.6. The second kappa shape index (κ2) is 7.20. The molecule has 3 rings (SSSR count). The van der Waals surface area contributed by atoms with Crippen LogP contribution in [0.3, 0.4) is 0 Å². The number of aryl methyl sites for hydroxylation is 1. The van der Waals surface area contributed by atoms with E-state index >= 15 is 0 Å². The van der Waals surface area contributed by atoms with Crippen molar-refractivity contribution in [1.82, 2.24) is 9.55 Å². The number of benzene rings is 1. The molecule has 0 aliphatic carbocycles. The summed E-state index contributed by atoms with van der Waals surface area (Å²) >= 11 is 0. The van der Waals surface area contributed by atoms with E-state index in [4.69, 9.17) is 4.98 Å². The molecular formula is C29H45N3O. The molecule has 0 radical (unpaired) electrons. The third kappa shape index (κ3) is 3.01. The third-order valence-electron chi connectivity index (χ3n) is 10.0. The van der Waals surface area contributed by atoms with Gasteiger partial charge in [-0.1, -0.05) is 27.7 Å². The highest BCUT2D eigenvalue weighted by Crippen LogP contribution is 2.57. The molecule has 0 bridgehead atoms. The monoisotopic (exact) mass is 451 g/mol. The second-order valence-electron chi connectivity index (χ2n) is 12.4. The van der Waals surface area contributed by atoms with Crippen molar-refractivity contribution in [2.45, 2.75) is 119 Å². The number of anilines is 1. The summed E-state index contributed by atoms with van der Waals surface area (Å²) in [4.78, 5) is 20.7. The van der Waals surface area contributed by atoms with Crippen molar-refractivity contribution in [3.63, 3.8) is 0 Å². The van der Waals surface area contributed by atoms with Gasteiger partial charge in [0.05, 0.1) is 5.56 Å². The topological polar surface area (TPSA) is 38.1 Å². The van der Waals surface area contributed by atoms with Gasteiger partial charge in [0.1, 0.15) is 11.6 Å². The van der Waals surface area contributed by atoms with Crippen LogP contribution in [0.5, 0.6) is 0 Å². The Bertz CT molecular complexity index is 1150. The first-order chi connectivity index (χ1) is 14.8. The smallest absolute Gasteiger partial charge is 0.258 e. The van der Waals surface area contributed by atoms with Crippen LogP contribution in [0.4, 0.5) is 5.82 Å². The van der Waals surface area contributed by atoms with Crippen LogP contribution < -0.4 is 10.5 Å². The van der Waals surface area contributed by atoms with Gasteiger partial charge in [-0.25, -0.2) is 4.98 Å². The van der Waals surface area contributed by atoms with Gasteiger partial charge in [0.2, 0.25) is 0 Å². The molecule has 2 aromatic rings. The van der Waals surface area contributed by atoms with Crippen LogP contribution in [-0.4, -0.2) is 20.6 Å². The predicted molar refractivity (Wildman–Crippen MR) is 141 cm³/mol. The van der Waals surface area contributed by atoms with Gasteiger partial charge in [-0.05, 0) is 103 Å². The molecule has 4 heteroatoms. The van der Waals surface area contributed by atoms with E-state index in [9.17, 15) is 4.79 Å². The molecule has 1 aliphatic rings. The zero-order valence-electron chi connectivity index (χ0n) is 23.7. The highest BCUT2D eigenvalue weighted by Gasteiger charge is 2.59. The van der Waals surface area contributed by atoms with Crippen molar-refractivity contribution in [3.8, 4) is 0 Å². The summed E-state index contributed by atoms with van der Waals surface area (Å²) < 4.78 is 1.66. The van der Waals surface area contributed by atoms with Crippen LogP contribution in [0.1, 0.15) is 100 Å². The van der Waals surface area contributed by atoms with Crippen molar-refractivity contribution in [2.75, 3.05) is 4.90 Å². The number of hydrogen-bond acceptors (Lipinski definition) is 3. The molecule has 1 aromatic heterocycles. The Labute approximate surface area is 201 Å². The van der Waals surface area contributed by atoms with E-state index < -0.39 is 0 Å². The number of rotatable bonds is 1. The molecule has 0 amide bonds. The van der Waals surface area contributed by atoms with Gasteiger partial charge < -0.3 is 4.90 Å². The lowest BCUT2D eigenvalue weighted by atomic mass is 9.62. The van der Waals surface area contributed by atoms with Crippen molar-refractivity contribution in [1.29, 1.82) is 0 Å². The summed E-state index contributed by atoms with van der Waals surface area (Å²) in [5, 5.41) is 0. The van der Waals surface area contributed by atoms with Crippen molar-refractivity contribution in [2.24, 2.45) is 7.05 Å². The third-order valence-corrected chi connectivity index (χ3v) is 10.0. The Kier molecular flexibility index (Phi) is 5.57. The Balaban J connectivity index is 2.60. The summed E-state index contributed by atoms with van der Waals surface area (Å²) in [6.45, 7) is 31.8. The predicted octanol–water partition coefficient (Wildman–Crippen LogP) is 6.26. The zero-order valence-corrected chi connectivity index (χ0v) is 23.7. The summed E-state index contributed by atoms with van der Waals surface area (Å²) in [5.41, 5.74) is 8.13. The standard InChI is InChI=1S/C29H45N3O/c1-16-17(2)19(4)23-22(18(16)3)26(7,8)28(11,12)32(29(13,14)27(23,9)10)24-20(5)25(33)31(15)21(6)30-24/h1-15H3. The van der Waals surface area contributed by atoms with E-state index in [1.165, 1.54) is 33.4 Å². The normalized spacial score (nSPS) is 20.4. The average Bonchev–Trinajstić information content (AvgIpc) is 2.71. The summed E-state index contributed by atoms with van der Waals surface area (Å²) in [7, 11) is 1.81. The van der Waals surface area contributed by atoms with E-state index in [1.54, 1.807) is 4.57 Å². The minimum Gasteiger partial charge on any atom is -0.344 e. The van der Waals surface area contributed by atoms with E-state index in [1.807, 2.05) is 20.9 Å². The summed E-state index contributed by atoms with van der Waals surface area (Å²) in [5.74, 6) is 1.55. The Morgan fingerprint density at radius 3 is 1.33 bits per heavy atom. The van der Waals surface area contributed by atoms with Crippen LogP contribution >= 0.6 is 0 Å². The van der Waals surface area contributed by atoms with Crippen molar-refractivity contribution < 1.29 is 0 Å². The molecule has 33 heavy (non-hydrogen) atoms. The minimum absolute atomic E-state index is 0.0283. The van der Waals surface area contributed by atoms with Crippen LogP contribution in [-0.2, 0) is 17.9 Å². The maximum absolute atomic E-state index is 13.2. The first-order valence-electron chi connectivity index (χ1n) is 12.2. The van der Waals surface area contributed by atoms with E-state index in [0.717, 1.165) is 11.6 Å². The average molecular weight is 452 g/mol. The highest BCUT2D eigenvalue weighted by atomic mass is 16.1. The van der Waals surface area contributed by atoms with E-state index in [0.29, 0.717) is 5.56 Å². The molecule has 182 valence electrons. The van der Waals surface area contributed by atoms with Gasteiger partial charge in [-0.3, -0.25) is 9.36 Å². The van der Waals surface area contributed by atoms with Gasteiger partial charge in [0.15, 0.2) is 0 Å². The fourth-order valence-corrected chi connectivity index (χ4v) is 6.30. The fraction of sp³-hybridized carbons (Fsp3) is 0.655. The van der Waals surface area contributed by atoms with E-state index in [2.05, 4.69) is 88.0 Å².